The monoisotopic (exact) mass is 397 g/mol. The van der Waals surface area contributed by atoms with Crippen molar-refractivity contribution in [1.82, 2.24) is 20.3 Å². The van der Waals surface area contributed by atoms with E-state index in [0.717, 1.165) is 51.5 Å². The van der Waals surface area contributed by atoms with Crippen molar-refractivity contribution in [2.75, 3.05) is 59.0 Å². The Hall–Kier alpha value is -1.68. The van der Waals surface area contributed by atoms with Gasteiger partial charge in [-0.15, -0.1) is 0 Å². The van der Waals surface area contributed by atoms with E-state index in [0.29, 0.717) is 12.5 Å². The first kappa shape index (κ1) is 21.6. The largest absolute Gasteiger partial charge is 0.379 e. The molecular weight excluding hydrogens is 366 g/mol. The van der Waals surface area contributed by atoms with Crippen molar-refractivity contribution >= 4 is 16.0 Å². The smallest absolute Gasteiger partial charge is 0.240 e. The van der Waals surface area contributed by atoms with Crippen molar-refractivity contribution in [1.29, 1.82) is 0 Å². The van der Waals surface area contributed by atoms with Crippen LogP contribution in [0.25, 0.3) is 0 Å². The molecule has 9 heteroatoms. The lowest BCUT2D eigenvalue weighted by Gasteiger charge is -2.26. The lowest BCUT2D eigenvalue weighted by atomic mass is 10.2. The van der Waals surface area contributed by atoms with Gasteiger partial charge in [0.2, 0.25) is 10.0 Å². The summed E-state index contributed by atoms with van der Waals surface area (Å²) in [5.41, 5.74) is 1.02. The summed E-state index contributed by atoms with van der Waals surface area (Å²) in [5, 5.41) is 6.46. The molecule has 1 aliphatic rings. The minimum atomic E-state index is -3.50. The molecular formula is C18H31N5O3S. The zero-order valence-electron chi connectivity index (χ0n) is 16.2. The van der Waals surface area contributed by atoms with Crippen LogP contribution in [0.5, 0.6) is 0 Å². The molecule has 1 heterocycles. The second kappa shape index (κ2) is 11.2. The number of aliphatic imine (C=N–C) groups is 1. The minimum Gasteiger partial charge on any atom is -0.379 e. The number of guanidine groups is 1. The first-order chi connectivity index (χ1) is 13.0. The molecule has 0 aliphatic carbocycles. The molecule has 0 amide bonds. The fraction of sp³-hybridized carbons (Fsp3) is 0.611. The molecule has 8 nitrogen and oxygen atoms in total. The Balaban J connectivity index is 1.75. The van der Waals surface area contributed by atoms with Gasteiger partial charge in [0, 0.05) is 39.3 Å². The molecule has 1 aromatic carbocycles. The number of benzene rings is 1. The number of hydrogen-bond acceptors (Lipinski definition) is 5. The summed E-state index contributed by atoms with van der Waals surface area (Å²) >= 11 is 0. The molecule has 1 saturated heterocycles. The third kappa shape index (κ3) is 7.84. The molecule has 3 N–H and O–H groups in total. The van der Waals surface area contributed by atoms with Crippen molar-refractivity contribution in [2.45, 2.75) is 18.7 Å². The van der Waals surface area contributed by atoms with Crippen LogP contribution in [0.2, 0.25) is 0 Å². The van der Waals surface area contributed by atoms with Crippen molar-refractivity contribution in [3.8, 4) is 0 Å². The molecule has 1 fully saturated rings. The SMILES string of the molecule is CCNC(=NCCNS(=O)(=O)c1ccc(C)cc1)NCCN1CCOCC1. The van der Waals surface area contributed by atoms with Gasteiger partial charge in [0.1, 0.15) is 0 Å². The molecule has 27 heavy (non-hydrogen) atoms. The van der Waals surface area contributed by atoms with Crippen LogP contribution < -0.4 is 15.4 Å². The molecule has 1 aromatic rings. The molecule has 1 aliphatic heterocycles. The van der Waals surface area contributed by atoms with E-state index in [1.807, 2.05) is 13.8 Å². The van der Waals surface area contributed by atoms with E-state index in [2.05, 4.69) is 25.2 Å². The van der Waals surface area contributed by atoms with Gasteiger partial charge in [0.25, 0.3) is 0 Å². The highest BCUT2D eigenvalue weighted by molar-refractivity contribution is 7.89. The van der Waals surface area contributed by atoms with Gasteiger partial charge >= 0.3 is 0 Å². The third-order valence-corrected chi connectivity index (χ3v) is 5.65. The first-order valence-electron chi connectivity index (χ1n) is 9.40. The Morgan fingerprint density at radius 3 is 2.52 bits per heavy atom. The maximum atomic E-state index is 12.3. The number of hydrogen-bond donors (Lipinski definition) is 3. The predicted octanol–water partition coefficient (Wildman–Crippen LogP) is 0.161. The van der Waals surface area contributed by atoms with Gasteiger partial charge in [-0.25, -0.2) is 13.1 Å². The second-order valence-corrected chi connectivity index (χ2v) is 8.12. The quantitative estimate of drug-likeness (QED) is 0.312. The van der Waals surface area contributed by atoms with Crippen LogP contribution in [-0.2, 0) is 14.8 Å². The van der Waals surface area contributed by atoms with Crippen LogP contribution in [0.1, 0.15) is 12.5 Å². The van der Waals surface area contributed by atoms with Gasteiger partial charge in [-0.1, -0.05) is 17.7 Å². The Morgan fingerprint density at radius 2 is 1.85 bits per heavy atom. The Kier molecular flexibility index (Phi) is 8.99. The Labute approximate surface area is 162 Å². The van der Waals surface area contributed by atoms with E-state index in [1.165, 1.54) is 0 Å². The van der Waals surface area contributed by atoms with E-state index in [1.54, 1.807) is 24.3 Å². The van der Waals surface area contributed by atoms with E-state index < -0.39 is 10.0 Å². The lowest BCUT2D eigenvalue weighted by molar-refractivity contribution is 0.0389. The number of nitrogens with zero attached hydrogens (tertiary/aromatic N) is 2. The summed E-state index contributed by atoms with van der Waals surface area (Å²) in [4.78, 5) is 7.05. The van der Waals surface area contributed by atoms with Crippen LogP contribution in [0.3, 0.4) is 0 Å². The van der Waals surface area contributed by atoms with E-state index in [4.69, 9.17) is 4.74 Å². The second-order valence-electron chi connectivity index (χ2n) is 6.35. The van der Waals surface area contributed by atoms with Gasteiger partial charge in [0.05, 0.1) is 24.7 Å². The molecule has 0 spiro atoms. The van der Waals surface area contributed by atoms with Gasteiger partial charge in [-0.05, 0) is 26.0 Å². The number of aryl methyl sites for hydroxylation is 1. The zero-order chi connectivity index (χ0) is 19.5. The summed E-state index contributed by atoms with van der Waals surface area (Å²) in [6, 6.07) is 6.79. The zero-order valence-corrected chi connectivity index (χ0v) is 17.0. The molecule has 2 rings (SSSR count). The van der Waals surface area contributed by atoms with Crippen molar-refractivity contribution in [2.24, 2.45) is 4.99 Å². The topological polar surface area (TPSA) is 95.1 Å². The van der Waals surface area contributed by atoms with E-state index in [9.17, 15) is 8.42 Å². The van der Waals surface area contributed by atoms with Crippen LogP contribution in [0.15, 0.2) is 34.2 Å². The molecule has 0 saturated carbocycles. The lowest BCUT2D eigenvalue weighted by Crippen LogP contribution is -2.44. The van der Waals surface area contributed by atoms with Crippen LogP contribution >= 0.6 is 0 Å². The summed E-state index contributed by atoms with van der Waals surface area (Å²) in [6.07, 6.45) is 0. The fourth-order valence-corrected chi connectivity index (χ4v) is 3.67. The summed E-state index contributed by atoms with van der Waals surface area (Å²) in [6.45, 7) is 10.5. The number of rotatable bonds is 9. The molecule has 0 unspecified atom stereocenters. The van der Waals surface area contributed by atoms with Crippen LogP contribution in [-0.4, -0.2) is 78.3 Å². The van der Waals surface area contributed by atoms with Crippen molar-refractivity contribution in [3.05, 3.63) is 29.8 Å². The van der Waals surface area contributed by atoms with Crippen LogP contribution in [0.4, 0.5) is 0 Å². The van der Waals surface area contributed by atoms with Gasteiger partial charge < -0.3 is 15.4 Å². The van der Waals surface area contributed by atoms with Gasteiger partial charge in [-0.3, -0.25) is 9.89 Å². The van der Waals surface area contributed by atoms with E-state index >= 15 is 0 Å². The van der Waals surface area contributed by atoms with Gasteiger partial charge in [-0.2, -0.15) is 0 Å². The number of morpholine rings is 1. The van der Waals surface area contributed by atoms with Crippen LogP contribution in [0, 0.1) is 6.92 Å². The Bertz CT molecular complexity index is 685. The molecule has 0 bridgehead atoms. The predicted molar refractivity (Wildman–Crippen MR) is 108 cm³/mol. The van der Waals surface area contributed by atoms with E-state index in [-0.39, 0.29) is 11.4 Å². The highest BCUT2D eigenvalue weighted by atomic mass is 32.2. The standard InChI is InChI=1S/C18H31N5O3S/c1-3-19-18(21-10-11-23-12-14-26-15-13-23)20-8-9-22-27(24,25)17-6-4-16(2)5-7-17/h4-7,22H,3,8-15H2,1-2H3,(H2,19,20,21). The highest BCUT2D eigenvalue weighted by Gasteiger charge is 2.12. The summed E-state index contributed by atoms with van der Waals surface area (Å²) in [7, 11) is -3.50. The molecule has 0 aromatic heterocycles. The van der Waals surface area contributed by atoms with Crippen molar-refractivity contribution in [3.63, 3.8) is 0 Å². The van der Waals surface area contributed by atoms with Gasteiger partial charge in [0.15, 0.2) is 5.96 Å². The fourth-order valence-electron chi connectivity index (χ4n) is 2.65. The minimum absolute atomic E-state index is 0.246. The normalized spacial score (nSPS) is 16.3. The average Bonchev–Trinajstić information content (AvgIpc) is 2.66. The van der Waals surface area contributed by atoms with Crippen molar-refractivity contribution < 1.29 is 13.2 Å². The third-order valence-electron chi connectivity index (χ3n) is 4.17. The summed E-state index contributed by atoms with van der Waals surface area (Å²) in [5.74, 6) is 0.695. The first-order valence-corrected chi connectivity index (χ1v) is 10.9. The Morgan fingerprint density at radius 1 is 1.15 bits per heavy atom. The average molecular weight is 398 g/mol. The maximum Gasteiger partial charge on any atom is 0.240 e. The summed E-state index contributed by atoms with van der Waals surface area (Å²) < 4.78 is 32.4. The maximum absolute atomic E-state index is 12.3. The molecule has 0 radical (unpaired) electrons. The number of ether oxygens (including phenoxy) is 1. The number of sulfonamides is 1. The number of nitrogens with one attached hydrogen (secondary N) is 3. The molecule has 0 atom stereocenters. The molecule has 152 valence electrons. The highest BCUT2D eigenvalue weighted by Crippen LogP contribution is 2.09.